The summed E-state index contributed by atoms with van der Waals surface area (Å²) < 4.78 is 0. The van der Waals surface area contributed by atoms with Gasteiger partial charge in [-0.05, 0) is 32.4 Å². The minimum Gasteiger partial charge on any atom is -0.383 e. The van der Waals surface area contributed by atoms with Crippen molar-refractivity contribution in [3.63, 3.8) is 0 Å². The van der Waals surface area contributed by atoms with Crippen molar-refractivity contribution < 1.29 is 0 Å². The zero-order chi connectivity index (χ0) is 13.0. The van der Waals surface area contributed by atoms with Crippen molar-refractivity contribution in [3.05, 3.63) is 29.3 Å². The number of nitrogens with zero attached hydrogens (tertiary/aromatic N) is 1. The predicted octanol–water partition coefficient (Wildman–Crippen LogP) is 2.01. The fraction of sp³-hybridized carbons (Fsp3) is 0.600. The number of rotatable bonds is 4. The molecule has 0 radical (unpaired) electrons. The van der Waals surface area contributed by atoms with Crippen LogP contribution in [0.5, 0.6) is 0 Å². The molecule has 2 N–H and O–H groups in total. The Balaban J connectivity index is 1.86. The highest BCUT2D eigenvalue weighted by Crippen LogP contribution is 2.16. The Morgan fingerprint density at radius 3 is 2.67 bits per heavy atom. The first-order valence-electron chi connectivity index (χ1n) is 6.92. The van der Waals surface area contributed by atoms with Crippen LogP contribution in [0.25, 0.3) is 0 Å². The summed E-state index contributed by atoms with van der Waals surface area (Å²) in [7, 11) is 0. The summed E-state index contributed by atoms with van der Waals surface area (Å²) in [5, 5.41) is 6.97. The van der Waals surface area contributed by atoms with Crippen LogP contribution in [-0.2, 0) is 0 Å². The minimum absolute atomic E-state index is 0.591. The first-order valence-corrected chi connectivity index (χ1v) is 6.92. The van der Waals surface area contributed by atoms with Gasteiger partial charge in [-0.1, -0.05) is 17.7 Å². The lowest BCUT2D eigenvalue weighted by Crippen LogP contribution is -2.49. The molecule has 3 nitrogen and oxygen atoms in total. The zero-order valence-electron chi connectivity index (χ0n) is 11.8. The smallest absolute Gasteiger partial charge is 0.0370 e. The van der Waals surface area contributed by atoms with Gasteiger partial charge < -0.3 is 10.6 Å². The Morgan fingerprint density at radius 2 is 2.00 bits per heavy atom. The largest absolute Gasteiger partial charge is 0.383 e. The molecule has 0 aliphatic carbocycles. The lowest BCUT2D eigenvalue weighted by molar-refractivity contribution is 0.191. The van der Waals surface area contributed by atoms with Gasteiger partial charge >= 0.3 is 0 Å². The Hall–Kier alpha value is -1.06. The fourth-order valence-corrected chi connectivity index (χ4v) is 2.52. The van der Waals surface area contributed by atoms with Gasteiger partial charge in [-0.15, -0.1) is 0 Å². The van der Waals surface area contributed by atoms with Crippen LogP contribution < -0.4 is 10.6 Å². The molecule has 1 aromatic carbocycles. The SMILES string of the molecule is Cc1ccc(NCC(C)N2CCNCC2)c(C)c1. The Kier molecular flexibility index (Phi) is 4.61. The van der Waals surface area contributed by atoms with E-state index in [0.717, 1.165) is 32.7 Å². The molecule has 1 aromatic rings. The van der Waals surface area contributed by atoms with Gasteiger partial charge in [0.05, 0.1) is 0 Å². The van der Waals surface area contributed by atoms with Gasteiger partial charge in [0, 0.05) is 44.5 Å². The number of anilines is 1. The lowest BCUT2D eigenvalue weighted by Gasteiger charge is -2.33. The first kappa shape index (κ1) is 13.4. The Morgan fingerprint density at radius 1 is 1.28 bits per heavy atom. The number of piperazine rings is 1. The van der Waals surface area contributed by atoms with Crippen LogP contribution in [0.4, 0.5) is 5.69 Å². The maximum atomic E-state index is 3.58. The summed E-state index contributed by atoms with van der Waals surface area (Å²) in [4.78, 5) is 2.55. The Labute approximate surface area is 111 Å². The maximum absolute atomic E-state index is 3.58. The first-order chi connectivity index (χ1) is 8.66. The van der Waals surface area contributed by atoms with Crippen LogP contribution in [0.15, 0.2) is 18.2 Å². The standard InChI is InChI=1S/C15H25N3/c1-12-4-5-15(13(2)10-12)17-11-14(3)18-8-6-16-7-9-18/h4-5,10,14,16-17H,6-9,11H2,1-3H3. The number of benzene rings is 1. The van der Waals surface area contributed by atoms with Crippen LogP contribution in [0.3, 0.4) is 0 Å². The highest BCUT2D eigenvalue weighted by molar-refractivity contribution is 5.51. The topological polar surface area (TPSA) is 27.3 Å². The van der Waals surface area contributed by atoms with Crippen molar-refractivity contribution >= 4 is 5.69 Å². The second kappa shape index (κ2) is 6.21. The van der Waals surface area contributed by atoms with E-state index in [4.69, 9.17) is 0 Å². The highest BCUT2D eigenvalue weighted by Gasteiger charge is 2.15. The molecule has 0 spiro atoms. The molecule has 0 saturated carbocycles. The third-order valence-corrected chi connectivity index (χ3v) is 3.74. The molecular formula is C15H25N3. The molecule has 0 amide bonds. The second-order valence-electron chi connectivity index (χ2n) is 5.33. The molecule has 2 rings (SSSR count). The number of hydrogen-bond donors (Lipinski definition) is 2. The van der Waals surface area contributed by atoms with Gasteiger partial charge in [0.2, 0.25) is 0 Å². The molecule has 3 heteroatoms. The van der Waals surface area contributed by atoms with Crippen LogP contribution >= 0.6 is 0 Å². The van der Waals surface area contributed by atoms with E-state index in [-0.39, 0.29) is 0 Å². The molecule has 0 bridgehead atoms. The molecule has 1 unspecified atom stereocenters. The predicted molar refractivity (Wildman–Crippen MR) is 78.3 cm³/mol. The van der Waals surface area contributed by atoms with Crippen molar-refractivity contribution in [2.24, 2.45) is 0 Å². The van der Waals surface area contributed by atoms with Crippen molar-refractivity contribution in [2.45, 2.75) is 26.8 Å². The van der Waals surface area contributed by atoms with Crippen molar-refractivity contribution in [1.82, 2.24) is 10.2 Å². The van der Waals surface area contributed by atoms with E-state index in [1.54, 1.807) is 0 Å². The fourth-order valence-electron chi connectivity index (χ4n) is 2.52. The van der Waals surface area contributed by atoms with Crippen molar-refractivity contribution in [3.8, 4) is 0 Å². The third-order valence-electron chi connectivity index (χ3n) is 3.74. The van der Waals surface area contributed by atoms with Crippen LogP contribution in [0.2, 0.25) is 0 Å². The maximum Gasteiger partial charge on any atom is 0.0370 e. The van der Waals surface area contributed by atoms with E-state index in [9.17, 15) is 0 Å². The quantitative estimate of drug-likeness (QED) is 0.852. The number of nitrogens with one attached hydrogen (secondary N) is 2. The van der Waals surface area contributed by atoms with E-state index in [2.05, 4.69) is 54.5 Å². The van der Waals surface area contributed by atoms with E-state index in [0.29, 0.717) is 6.04 Å². The van der Waals surface area contributed by atoms with E-state index < -0.39 is 0 Å². The normalized spacial score (nSPS) is 18.6. The number of hydrogen-bond acceptors (Lipinski definition) is 3. The lowest BCUT2D eigenvalue weighted by atomic mass is 10.1. The third kappa shape index (κ3) is 3.47. The molecule has 1 heterocycles. The van der Waals surface area contributed by atoms with Crippen LogP contribution in [0, 0.1) is 13.8 Å². The molecule has 18 heavy (non-hydrogen) atoms. The summed E-state index contributed by atoms with van der Waals surface area (Å²) in [5.74, 6) is 0. The Bertz CT molecular complexity index is 383. The van der Waals surface area contributed by atoms with Gasteiger partial charge in [0.15, 0.2) is 0 Å². The summed E-state index contributed by atoms with van der Waals surface area (Å²) in [6.07, 6.45) is 0. The molecule has 1 aliphatic heterocycles. The van der Waals surface area contributed by atoms with Crippen molar-refractivity contribution in [1.29, 1.82) is 0 Å². The second-order valence-corrected chi connectivity index (χ2v) is 5.33. The molecule has 1 fully saturated rings. The summed E-state index contributed by atoms with van der Waals surface area (Å²) in [5.41, 5.74) is 3.93. The van der Waals surface area contributed by atoms with Gasteiger partial charge in [-0.2, -0.15) is 0 Å². The highest BCUT2D eigenvalue weighted by atomic mass is 15.2. The van der Waals surface area contributed by atoms with Gasteiger partial charge in [0.1, 0.15) is 0 Å². The van der Waals surface area contributed by atoms with Gasteiger partial charge in [-0.25, -0.2) is 0 Å². The average molecular weight is 247 g/mol. The number of aryl methyl sites for hydroxylation is 2. The van der Waals surface area contributed by atoms with Crippen LogP contribution in [0.1, 0.15) is 18.1 Å². The van der Waals surface area contributed by atoms with E-state index in [1.807, 2.05) is 0 Å². The monoisotopic (exact) mass is 247 g/mol. The summed E-state index contributed by atoms with van der Waals surface area (Å²) >= 11 is 0. The molecule has 0 aromatic heterocycles. The van der Waals surface area contributed by atoms with E-state index >= 15 is 0 Å². The van der Waals surface area contributed by atoms with Crippen LogP contribution in [-0.4, -0.2) is 43.7 Å². The molecule has 1 saturated heterocycles. The van der Waals surface area contributed by atoms with Gasteiger partial charge in [0.25, 0.3) is 0 Å². The van der Waals surface area contributed by atoms with E-state index in [1.165, 1.54) is 16.8 Å². The average Bonchev–Trinajstić information content (AvgIpc) is 2.38. The zero-order valence-corrected chi connectivity index (χ0v) is 11.8. The molecule has 100 valence electrons. The summed E-state index contributed by atoms with van der Waals surface area (Å²) in [6, 6.07) is 7.19. The van der Waals surface area contributed by atoms with Crippen molar-refractivity contribution in [2.75, 3.05) is 38.0 Å². The molecule has 1 aliphatic rings. The molecule has 1 atom stereocenters. The summed E-state index contributed by atoms with van der Waals surface area (Å²) in [6.45, 7) is 12.2. The molecular weight excluding hydrogens is 222 g/mol. The van der Waals surface area contributed by atoms with Gasteiger partial charge in [-0.3, -0.25) is 4.90 Å². The minimum atomic E-state index is 0.591.